The SMILES string of the molecule is CC.CCN1CCC(Oc2ccc([N+](=O)[O-])c(C)c2)C1. The molecule has 1 atom stereocenters. The zero-order valence-corrected chi connectivity index (χ0v) is 12.8. The van der Waals surface area contributed by atoms with Crippen LogP contribution in [0.4, 0.5) is 5.69 Å². The van der Waals surface area contributed by atoms with Crippen molar-refractivity contribution in [1.82, 2.24) is 4.90 Å². The first-order valence-corrected chi connectivity index (χ1v) is 7.24. The summed E-state index contributed by atoms with van der Waals surface area (Å²) in [7, 11) is 0. The first kappa shape index (κ1) is 16.4. The van der Waals surface area contributed by atoms with Crippen molar-refractivity contribution in [2.75, 3.05) is 19.6 Å². The van der Waals surface area contributed by atoms with E-state index in [4.69, 9.17) is 4.74 Å². The molecule has 0 amide bonds. The Morgan fingerprint density at radius 1 is 1.45 bits per heavy atom. The second-order valence-electron chi connectivity index (χ2n) is 4.63. The zero-order valence-electron chi connectivity index (χ0n) is 12.8. The van der Waals surface area contributed by atoms with Gasteiger partial charge in [0.25, 0.3) is 5.69 Å². The standard InChI is InChI=1S/C13H18N2O3.C2H6/c1-3-14-7-6-12(9-14)18-11-4-5-13(15(16)17)10(2)8-11;1-2/h4-5,8,12H,3,6-7,9H2,1-2H3;1-2H3. The van der Waals surface area contributed by atoms with Gasteiger partial charge in [0, 0.05) is 24.7 Å². The van der Waals surface area contributed by atoms with Crippen LogP contribution in [0.2, 0.25) is 0 Å². The van der Waals surface area contributed by atoms with Crippen LogP contribution >= 0.6 is 0 Å². The molecule has 0 radical (unpaired) electrons. The normalized spacial score (nSPS) is 18.3. The number of likely N-dealkylation sites (N-methyl/N-ethyl adjacent to an activating group) is 1. The summed E-state index contributed by atoms with van der Waals surface area (Å²) in [5, 5.41) is 10.7. The van der Waals surface area contributed by atoms with E-state index in [1.807, 2.05) is 13.8 Å². The van der Waals surface area contributed by atoms with E-state index in [1.165, 1.54) is 6.07 Å². The molecule has 1 aromatic rings. The number of hydrogen-bond donors (Lipinski definition) is 0. The van der Waals surface area contributed by atoms with Gasteiger partial charge in [-0.15, -0.1) is 0 Å². The maximum Gasteiger partial charge on any atom is 0.272 e. The largest absolute Gasteiger partial charge is 0.489 e. The molecule has 1 unspecified atom stereocenters. The summed E-state index contributed by atoms with van der Waals surface area (Å²) in [5.41, 5.74) is 0.784. The molecule has 0 spiro atoms. The summed E-state index contributed by atoms with van der Waals surface area (Å²) < 4.78 is 5.86. The highest BCUT2D eigenvalue weighted by molar-refractivity contribution is 5.44. The minimum atomic E-state index is -0.368. The number of hydrogen-bond acceptors (Lipinski definition) is 4. The fourth-order valence-electron chi connectivity index (χ4n) is 2.28. The lowest BCUT2D eigenvalue weighted by atomic mass is 10.2. The van der Waals surface area contributed by atoms with Crippen LogP contribution in [-0.4, -0.2) is 35.6 Å². The molecule has 5 nitrogen and oxygen atoms in total. The smallest absolute Gasteiger partial charge is 0.272 e. The van der Waals surface area contributed by atoms with Crippen molar-refractivity contribution in [3.63, 3.8) is 0 Å². The van der Waals surface area contributed by atoms with Gasteiger partial charge in [-0.3, -0.25) is 15.0 Å². The van der Waals surface area contributed by atoms with Gasteiger partial charge in [0.05, 0.1) is 4.92 Å². The third-order valence-corrected chi connectivity index (χ3v) is 3.34. The molecule has 0 aromatic heterocycles. The molecule has 0 aliphatic carbocycles. The molecular formula is C15H24N2O3. The van der Waals surface area contributed by atoms with Gasteiger partial charge in [0.1, 0.15) is 11.9 Å². The molecule has 1 heterocycles. The van der Waals surface area contributed by atoms with Crippen LogP contribution in [0.3, 0.4) is 0 Å². The van der Waals surface area contributed by atoms with Gasteiger partial charge in [0.15, 0.2) is 0 Å². The molecule has 1 aliphatic heterocycles. The summed E-state index contributed by atoms with van der Waals surface area (Å²) in [6.45, 7) is 10.9. The number of nitro groups is 1. The van der Waals surface area contributed by atoms with Crippen molar-refractivity contribution < 1.29 is 9.66 Å². The summed E-state index contributed by atoms with van der Waals surface area (Å²) >= 11 is 0. The maximum atomic E-state index is 10.7. The van der Waals surface area contributed by atoms with E-state index in [-0.39, 0.29) is 16.7 Å². The molecule has 20 heavy (non-hydrogen) atoms. The van der Waals surface area contributed by atoms with E-state index < -0.39 is 0 Å². The van der Waals surface area contributed by atoms with Crippen molar-refractivity contribution in [3.8, 4) is 5.75 Å². The Labute approximate surface area is 120 Å². The van der Waals surface area contributed by atoms with Gasteiger partial charge in [-0.05, 0) is 32.0 Å². The van der Waals surface area contributed by atoms with Gasteiger partial charge in [-0.1, -0.05) is 20.8 Å². The summed E-state index contributed by atoms with van der Waals surface area (Å²) in [6, 6.07) is 4.93. The fraction of sp³-hybridized carbons (Fsp3) is 0.600. The number of ether oxygens (including phenoxy) is 1. The quantitative estimate of drug-likeness (QED) is 0.626. The van der Waals surface area contributed by atoms with Gasteiger partial charge >= 0.3 is 0 Å². The van der Waals surface area contributed by atoms with Crippen molar-refractivity contribution in [1.29, 1.82) is 0 Å². The van der Waals surface area contributed by atoms with Crippen LogP contribution in [-0.2, 0) is 0 Å². The maximum absolute atomic E-state index is 10.7. The number of rotatable bonds is 4. The van der Waals surface area contributed by atoms with Gasteiger partial charge < -0.3 is 4.74 Å². The van der Waals surface area contributed by atoms with Crippen LogP contribution in [0.15, 0.2) is 18.2 Å². The molecule has 0 bridgehead atoms. The van der Waals surface area contributed by atoms with Crippen molar-refractivity contribution in [2.24, 2.45) is 0 Å². The highest BCUT2D eigenvalue weighted by Crippen LogP contribution is 2.25. The average molecular weight is 280 g/mol. The second-order valence-corrected chi connectivity index (χ2v) is 4.63. The first-order chi connectivity index (χ1) is 9.60. The average Bonchev–Trinajstić information content (AvgIpc) is 2.88. The Morgan fingerprint density at radius 3 is 2.65 bits per heavy atom. The number of aryl methyl sites for hydroxylation is 1. The molecule has 2 rings (SSSR count). The lowest BCUT2D eigenvalue weighted by molar-refractivity contribution is -0.385. The molecular weight excluding hydrogens is 256 g/mol. The Morgan fingerprint density at radius 2 is 2.15 bits per heavy atom. The van der Waals surface area contributed by atoms with E-state index in [9.17, 15) is 10.1 Å². The van der Waals surface area contributed by atoms with Gasteiger partial charge in [-0.2, -0.15) is 0 Å². The van der Waals surface area contributed by atoms with E-state index >= 15 is 0 Å². The third-order valence-electron chi connectivity index (χ3n) is 3.34. The summed E-state index contributed by atoms with van der Waals surface area (Å²) in [5.74, 6) is 0.723. The first-order valence-electron chi connectivity index (χ1n) is 7.24. The Bertz CT molecular complexity index is 449. The van der Waals surface area contributed by atoms with Crippen LogP contribution < -0.4 is 4.74 Å². The monoisotopic (exact) mass is 280 g/mol. The van der Waals surface area contributed by atoms with Crippen molar-refractivity contribution in [3.05, 3.63) is 33.9 Å². The lowest BCUT2D eigenvalue weighted by Crippen LogP contribution is -2.24. The van der Waals surface area contributed by atoms with Crippen LogP contribution in [0.25, 0.3) is 0 Å². The molecule has 0 N–H and O–H groups in total. The van der Waals surface area contributed by atoms with Crippen LogP contribution in [0, 0.1) is 17.0 Å². The number of benzene rings is 1. The van der Waals surface area contributed by atoms with Crippen molar-refractivity contribution in [2.45, 2.75) is 40.2 Å². The molecule has 1 fully saturated rings. The van der Waals surface area contributed by atoms with Gasteiger partial charge in [0.2, 0.25) is 0 Å². The minimum Gasteiger partial charge on any atom is -0.489 e. The fourth-order valence-corrected chi connectivity index (χ4v) is 2.28. The predicted octanol–water partition coefficient (Wildman–Crippen LogP) is 3.40. The number of likely N-dealkylation sites (tertiary alicyclic amines) is 1. The molecule has 112 valence electrons. The van der Waals surface area contributed by atoms with E-state index in [0.717, 1.165) is 31.8 Å². The molecule has 1 aromatic carbocycles. The Kier molecular flexibility index (Phi) is 6.45. The van der Waals surface area contributed by atoms with E-state index in [2.05, 4.69) is 11.8 Å². The summed E-state index contributed by atoms with van der Waals surface area (Å²) in [4.78, 5) is 12.7. The van der Waals surface area contributed by atoms with E-state index in [0.29, 0.717) is 5.56 Å². The lowest BCUT2D eigenvalue weighted by Gasteiger charge is -2.15. The summed E-state index contributed by atoms with van der Waals surface area (Å²) in [6.07, 6.45) is 1.22. The van der Waals surface area contributed by atoms with Crippen molar-refractivity contribution >= 4 is 5.69 Å². The molecule has 1 aliphatic rings. The zero-order chi connectivity index (χ0) is 15.1. The van der Waals surface area contributed by atoms with Crippen LogP contribution in [0.5, 0.6) is 5.75 Å². The Balaban J connectivity index is 0.000000956. The highest BCUT2D eigenvalue weighted by atomic mass is 16.6. The highest BCUT2D eigenvalue weighted by Gasteiger charge is 2.23. The third kappa shape index (κ3) is 4.20. The second kappa shape index (κ2) is 7.85. The Hall–Kier alpha value is -1.62. The van der Waals surface area contributed by atoms with E-state index in [1.54, 1.807) is 19.1 Å². The topological polar surface area (TPSA) is 55.6 Å². The predicted molar refractivity (Wildman–Crippen MR) is 80.3 cm³/mol. The number of nitrogens with zero attached hydrogens (tertiary/aromatic N) is 2. The molecule has 5 heteroatoms. The van der Waals surface area contributed by atoms with Gasteiger partial charge in [-0.25, -0.2) is 0 Å². The number of nitro benzene ring substituents is 1. The minimum absolute atomic E-state index is 0.143. The van der Waals surface area contributed by atoms with Crippen LogP contribution in [0.1, 0.15) is 32.8 Å². The molecule has 0 saturated carbocycles. The molecule has 1 saturated heterocycles.